The fraction of sp³-hybridized carbons (Fsp3) is 0.250. The molecular weight excluding hydrogens is 277 g/mol. The van der Waals surface area contributed by atoms with Crippen molar-refractivity contribution in [2.45, 2.75) is 25.9 Å². The minimum Gasteiger partial charge on any atom is -1.00 e. The number of rotatable bonds is 5. The smallest absolute Gasteiger partial charge is 1.00 e. The van der Waals surface area contributed by atoms with Gasteiger partial charge in [-0.3, -0.25) is 0 Å². The average molecular weight is 296 g/mol. The second-order valence-electron chi connectivity index (χ2n) is 4.56. The summed E-state index contributed by atoms with van der Waals surface area (Å²) in [4.78, 5) is 0. The van der Waals surface area contributed by atoms with Gasteiger partial charge in [-0.25, -0.2) is 0 Å². The van der Waals surface area contributed by atoms with Gasteiger partial charge < -0.3 is 17.7 Å². The molecule has 19 heavy (non-hydrogen) atoms. The van der Waals surface area contributed by atoms with Gasteiger partial charge in [0.25, 0.3) is 0 Å². The summed E-state index contributed by atoms with van der Waals surface area (Å²) in [6.07, 6.45) is 1.03. The molecule has 0 aliphatic heterocycles. The highest BCUT2D eigenvalue weighted by Crippen LogP contribution is 2.14. The Morgan fingerprint density at radius 3 is 2.37 bits per heavy atom. The van der Waals surface area contributed by atoms with Gasteiger partial charge in [-0.1, -0.05) is 60.1 Å². The molecule has 1 nitrogen and oxygen atoms in total. The van der Waals surface area contributed by atoms with Crippen LogP contribution in [0.1, 0.15) is 19.5 Å². The SMILES string of the molecule is CC(Cc1ccccc1)NCc1ccccc1Cl.[Cl-].[H+]. The van der Waals surface area contributed by atoms with Gasteiger partial charge in [-0.15, -0.1) is 0 Å². The minimum atomic E-state index is 0. The van der Waals surface area contributed by atoms with Crippen molar-refractivity contribution in [2.75, 3.05) is 0 Å². The van der Waals surface area contributed by atoms with Crippen molar-refractivity contribution in [2.24, 2.45) is 0 Å². The van der Waals surface area contributed by atoms with Gasteiger partial charge >= 0.3 is 1.43 Å². The van der Waals surface area contributed by atoms with Crippen LogP contribution in [0, 0.1) is 0 Å². The quantitative estimate of drug-likeness (QED) is 0.873. The molecule has 0 fully saturated rings. The first kappa shape index (κ1) is 16.0. The van der Waals surface area contributed by atoms with Crippen LogP contribution in [0.3, 0.4) is 0 Å². The third kappa shape index (κ3) is 5.23. The second-order valence-corrected chi connectivity index (χ2v) is 4.97. The second kappa shape index (κ2) is 8.21. The maximum Gasteiger partial charge on any atom is 1.00 e. The molecule has 1 unspecified atom stereocenters. The molecule has 0 spiro atoms. The van der Waals surface area contributed by atoms with Crippen LogP contribution in [-0.2, 0) is 13.0 Å². The van der Waals surface area contributed by atoms with Crippen LogP contribution in [0.15, 0.2) is 54.6 Å². The van der Waals surface area contributed by atoms with Crippen LogP contribution in [-0.4, -0.2) is 6.04 Å². The standard InChI is InChI=1S/C16H18ClN.ClH/c1-13(11-14-7-3-2-4-8-14)18-12-15-9-5-6-10-16(15)17;/h2-10,13,18H,11-12H2,1H3;1H. The number of hydrogen-bond donors (Lipinski definition) is 1. The first-order valence-electron chi connectivity index (χ1n) is 6.26. The maximum atomic E-state index is 6.13. The summed E-state index contributed by atoms with van der Waals surface area (Å²) in [5, 5.41) is 4.33. The molecule has 0 aliphatic carbocycles. The highest BCUT2D eigenvalue weighted by atomic mass is 35.5. The van der Waals surface area contributed by atoms with Crippen LogP contribution in [0.4, 0.5) is 0 Å². The van der Waals surface area contributed by atoms with E-state index in [1.165, 1.54) is 5.56 Å². The summed E-state index contributed by atoms with van der Waals surface area (Å²) in [6.45, 7) is 3.01. The van der Waals surface area contributed by atoms with Crippen LogP contribution in [0.5, 0.6) is 0 Å². The molecule has 0 saturated carbocycles. The van der Waals surface area contributed by atoms with E-state index >= 15 is 0 Å². The Kier molecular flexibility index (Phi) is 6.93. The molecule has 2 aromatic rings. The molecule has 2 rings (SSSR count). The zero-order valence-electron chi connectivity index (χ0n) is 11.9. The Balaban J connectivity index is 0.00000180. The van der Waals surface area contributed by atoms with E-state index < -0.39 is 0 Å². The summed E-state index contributed by atoms with van der Waals surface area (Å²) in [6, 6.07) is 18.9. The molecule has 0 aliphatic rings. The van der Waals surface area contributed by atoms with Gasteiger partial charge in [0.2, 0.25) is 0 Å². The predicted molar refractivity (Wildman–Crippen MR) is 79.0 cm³/mol. The lowest BCUT2D eigenvalue weighted by Gasteiger charge is -2.14. The van der Waals surface area contributed by atoms with E-state index in [9.17, 15) is 0 Å². The van der Waals surface area contributed by atoms with Gasteiger partial charge in [-0.05, 0) is 30.5 Å². The van der Waals surface area contributed by atoms with Crippen molar-refractivity contribution in [3.63, 3.8) is 0 Å². The van der Waals surface area contributed by atoms with E-state index in [4.69, 9.17) is 11.6 Å². The highest BCUT2D eigenvalue weighted by molar-refractivity contribution is 6.31. The fourth-order valence-electron chi connectivity index (χ4n) is 1.97. The van der Waals surface area contributed by atoms with Crippen LogP contribution >= 0.6 is 11.6 Å². The molecule has 0 saturated heterocycles. The topological polar surface area (TPSA) is 12.0 Å². The van der Waals surface area contributed by atoms with Gasteiger partial charge in [0, 0.05) is 17.6 Å². The Bertz CT molecular complexity index is 491. The van der Waals surface area contributed by atoms with Gasteiger partial charge in [0.1, 0.15) is 0 Å². The summed E-state index contributed by atoms with van der Waals surface area (Å²) in [5.41, 5.74) is 2.51. The first-order valence-corrected chi connectivity index (χ1v) is 6.64. The van der Waals surface area contributed by atoms with E-state index in [1.54, 1.807) is 0 Å². The van der Waals surface area contributed by atoms with E-state index in [0.717, 1.165) is 23.6 Å². The zero-order chi connectivity index (χ0) is 12.8. The Morgan fingerprint density at radius 1 is 1.05 bits per heavy atom. The molecule has 0 aromatic heterocycles. The molecular formula is C16H19Cl2N. The highest BCUT2D eigenvalue weighted by Gasteiger charge is 2.04. The fourth-order valence-corrected chi connectivity index (χ4v) is 2.17. The van der Waals surface area contributed by atoms with Crippen molar-refractivity contribution < 1.29 is 13.8 Å². The molecule has 1 N–H and O–H groups in total. The number of halogens is 2. The summed E-state index contributed by atoms with van der Waals surface area (Å²) >= 11 is 6.13. The number of nitrogens with one attached hydrogen (secondary N) is 1. The van der Waals surface area contributed by atoms with Crippen molar-refractivity contribution in [3.05, 3.63) is 70.7 Å². The largest absolute Gasteiger partial charge is 1.00 e. The van der Waals surface area contributed by atoms with E-state index in [-0.39, 0.29) is 13.8 Å². The summed E-state index contributed by atoms with van der Waals surface area (Å²) < 4.78 is 0. The lowest BCUT2D eigenvalue weighted by molar-refractivity contribution is -0.00000374. The van der Waals surface area contributed by atoms with Crippen molar-refractivity contribution >= 4 is 11.6 Å². The lowest BCUT2D eigenvalue weighted by Crippen LogP contribution is -3.00. The van der Waals surface area contributed by atoms with Crippen LogP contribution in [0.2, 0.25) is 5.02 Å². The lowest BCUT2D eigenvalue weighted by atomic mass is 10.1. The van der Waals surface area contributed by atoms with E-state index in [0.29, 0.717) is 6.04 Å². The van der Waals surface area contributed by atoms with Crippen LogP contribution < -0.4 is 17.7 Å². The molecule has 0 radical (unpaired) electrons. The minimum absolute atomic E-state index is 0. The average Bonchev–Trinajstić information content (AvgIpc) is 2.39. The van der Waals surface area contributed by atoms with Gasteiger partial charge in [0.05, 0.1) is 0 Å². The van der Waals surface area contributed by atoms with Crippen molar-refractivity contribution in [1.82, 2.24) is 5.32 Å². The zero-order valence-corrected chi connectivity index (χ0v) is 12.5. The molecule has 0 amide bonds. The molecule has 0 bridgehead atoms. The van der Waals surface area contributed by atoms with Crippen molar-refractivity contribution in [3.8, 4) is 0 Å². The van der Waals surface area contributed by atoms with Crippen molar-refractivity contribution in [1.29, 1.82) is 0 Å². The Hall–Kier alpha value is -1.02. The molecule has 0 heterocycles. The molecule has 102 valence electrons. The number of hydrogen-bond acceptors (Lipinski definition) is 1. The summed E-state index contributed by atoms with van der Waals surface area (Å²) in [7, 11) is 0. The van der Waals surface area contributed by atoms with E-state index in [1.807, 2.05) is 24.3 Å². The number of benzene rings is 2. The Morgan fingerprint density at radius 2 is 1.68 bits per heavy atom. The normalized spacial score (nSPS) is 11.7. The maximum absolute atomic E-state index is 6.13. The van der Waals surface area contributed by atoms with E-state index in [2.05, 4.69) is 42.6 Å². The third-order valence-electron chi connectivity index (χ3n) is 2.98. The Labute approximate surface area is 127 Å². The molecule has 3 heteroatoms. The summed E-state index contributed by atoms with van der Waals surface area (Å²) in [5.74, 6) is 0. The monoisotopic (exact) mass is 295 g/mol. The van der Waals surface area contributed by atoms with Gasteiger partial charge in [-0.2, -0.15) is 0 Å². The van der Waals surface area contributed by atoms with Gasteiger partial charge in [0.15, 0.2) is 0 Å². The molecule has 2 aromatic carbocycles. The predicted octanol–water partition coefficient (Wildman–Crippen LogP) is 1.18. The third-order valence-corrected chi connectivity index (χ3v) is 3.35. The van der Waals surface area contributed by atoms with Crippen LogP contribution in [0.25, 0.3) is 0 Å². The molecule has 1 atom stereocenters. The first-order chi connectivity index (χ1) is 8.75.